The van der Waals surface area contributed by atoms with Gasteiger partial charge in [-0.3, -0.25) is 0 Å². The summed E-state index contributed by atoms with van der Waals surface area (Å²) in [4.78, 5) is 13.4. The van der Waals surface area contributed by atoms with E-state index in [-0.39, 0.29) is 6.10 Å². The Morgan fingerprint density at radius 2 is 2.12 bits per heavy atom. The number of nitrogens with zero attached hydrogens (tertiary/aromatic N) is 4. The van der Waals surface area contributed by atoms with Crippen molar-refractivity contribution in [3.63, 3.8) is 0 Å². The molecule has 4 heterocycles. The number of aromatic nitrogens is 4. The number of nitrogen functional groups attached to an aromatic ring is 1. The van der Waals surface area contributed by atoms with Crippen LogP contribution in [0.25, 0.3) is 21.9 Å². The number of rotatable bonds is 4. The van der Waals surface area contributed by atoms with Crippen LogP contribution in [0.1, 0.15) is 44.2 Å². The highest BCUT2D eigenvalue weighted by Crippen LogP contribution is 2.39. The number of hydrogen-bond donors (Lipinski definition) is 2. The highest BCUT2D eigenvalue weighted by atomic mass is 16.5. The number of nitrogens with one attached hydrogen (secondary N) is 1. The van der Waals surface area contributed by atoms with Crippen LogP contribution < -0.4 is 15.8 Å². The van der Waals surface area contributed by atoms with Gasteiger partial charge in [0.15, 0.2) is 11.6 Å². The van der Waals surface area contributed by atoms with Gasteiger partial charge in [0.2, 0.25) is 0 Å². The van der Waals surface area contributed by atoms with E-state index in [2.05, 4.69) is 57.2 Å². The Hall–Kier alpha value is -3.35. The van der Waals surface area contributed by atoms with Crippen LogP contribution in [0.3, 0.4) is 0 Å². The van der Waals surface area contributed by atoms with Crippen molar-refractivity contribution in [3.05, 3.63) is 48.4 Å². The fourth-order valence-electron chi connectivity index (χ4n) is 5.28. The summed E-state index contributed by atoms with van der Waals surface area (Å²) in [7, 11) is 0. The van der Waals surface area contributed by atoms with Crippen molar-refractivity contribution < 1.29 is 4.74 Å². The molecule has 1 aromatic carbocycles. The van der Waals surface area contributed by atoms with Crippen molar-refractivity contribution in [1.29, 1.82) is 0 Å². The quantitative estimate of drug-likeness (QED) is 0.488. The van der Waals surface area contributed by atoms with E-state index in [1.807, 2.05) is 6.07 Å². The third-order valence-electron chi connectivity index (χ3n) is 7.02. The SMILES string of the molecule is CC1CNc2nc3cc(CCC4CCC(n5ccc6c(N)ncnc65)C4)ccc3cc2O1. The van der Waals surface area contributed by atoms with Gasteiger partial charge < -0.3 is 20.4 Å². The fourth-order valence-corrected chi connectivity index (χ4v) is 5.28. The molecule has 1 aliphatic carbocycles. The summed E-state index contributed by atoms with van der Waals surface area (Å²) in [5, 5.41) is 5.46. The molecule has 0 saturated heterocycles. The van der Waals surface area contributed by atoms with Crippen LogP contribution in [-0.4, -0.2) is 32.2 Å². The third-order valence-corrected chi connectivity index (χ3v) is 7.02. The van der Waals surface area contributed by atoms with Gasteiger partial charge in [0, 0.05) is 17.6 Å². The summed E-state index contributed by atoms with van der Waals surface area (Å²) in [6.07, 6.45) is 9.76. The number of pyridine rings is 1. The minimum atomic E-state index is 0.172. The van der Waals surface area contributed by atoms with E-state index in [1.165, 1.54) is 31.2 Å². The highest BCUT2D eigenvalue weighted by Gasteiger charge is 2.27. The van der Waals surface area contributed by atoms with Gasteiger partial charge in [-0.05, 0) is 68.7 Å². The molecule has 164 valence electrons. The van der Waals surface area contributed by atoms with Crippen LogP contribution in [0, 0.1) is 5.92 Å². The largest absolute Gasteiger partial charge is 0.485 e. The second-order valence-corrected chi connectivity index (χ2v) is 9.26. The van der Waals surface area contributed by atoms with E-state index in [9.17, 15) is 0 Å². The molecule has 4 aromatic rings. The van der Waals surface area contributed by atoms with Crippen molar-refractivity contribution in [2.75, 3.05) is 17.6 Å². The Kier molecular flexibility index (Phi) is 4.63. The van der Waals surface area contributed by atoms with Crippen LogP contribution >= 0.6 is 0 Å². The summed E-state index contributed by atoms with van der Waals surface area (Å²) < 4.78 is 8.22. The van der Waals surface area contributed by atoms with Crippen molar-refractivity contribution in [2.45, 2.75) is 51.2 Å². The van der Waals surface area contributed by atoms with Gasteiger partial charge in [0.05, 0.1) is 17.4 Å². The third kappa shape index (κ3) is 3.42. The van der Waals surface area contributed by atoms with E-state index in [0.29, 0.717) is 11.9 Å². The Labute approximate surface area is 187 Å². The van der Waals surface area contributed by atoms with E-state index in [0.717, 1.165) is 52.4 Å². The maximum absolute atomic E-state index is 6.01. The molecule has 3 atom stereocenters. The van der Waals surface area contributed by atoms with Gasteiger partial charge >= 0.3 is 0 Å². The number of benzene rings is 1. The monoisotopic (exact) mass is 428 g/mol. The van der Waals surface area contributed by atoms with Crippen LogP contribution in [0.4, 0.5) is 11.6 Å². The van der Waals surface area contributed by atoms with Crippen LogP contribution in [0.5, 0.6) is 5.75 Å². The van der Waals surface area contributed by atoms with Gasteiger partial charge in [-0.2, -0.15) is 0 Å². The van der Waals surface area contributed by atoms with Crippen molar-refractivity contribution in [3.8, 4) is 5.75 Å². The second kappa shape index (κ2) is 7.65. The zero-order chi connectivity index (χ0) is 21.7. The van der Waals surface area contributed by atoms with Gasteiger partial charge in [-0.1, -0.05) is 12.1 Å². The average Bonchev–Trinajstić information content (AvgIpc) is 3.44. The molecule has 32 heavy (non-hydrogen) atoms. The Morgan fingerprint density at radius 3 is 3.06 bits per heavy atom. The first-order valence-electron chi connectivity index (χ1n) is 11.6. The van der Waals surface area contributed by atoms with Gasteiger partial charge in [0.25, 0.3) is 0 Å². The molecular formula is C25H28N6O. The predicted molar refractivity (Wildman–Crippen MR) is 127 cm³/mol. The van der Waals surface area contributed by atoms with E-state index in [1.54, 1.807) is 6.33 Å². The standard InChI is InChI=1S/C25H28N6O/c1-15-13-27-24-22(32-15)12-18-6-4-17(11-21(18)30-24)3-2-16-5-7-19(10-16)31-9-8-20-23(26)28-14-29-25(20)31/h4,6,8-9,11-12,14-16,19H,2-3,5,7,10,13H2,1H3,(H,27,30)(H2,26,28,29). The maximum atomic E-state index is 6.01. The zero-order valence-corrected chi connectivity index (χ0v) is 18.3. The normalized spacial score (nSPS) is 22.6. The first kappa shape index (κ1) is 19.3. The summed E-state index contributed by atoms with van der Waals surface area (Å²) in [5.41, 5.74) is 9.35. The lowest BCUT2D eigenvalue weighted by Crippen LogP contribution is -2.28. The zero-order valence-electron chi connectivity index (χ0n) is 18.3. The van der Waals surface area contributed by atoms with E-state index >= 15 is 0 Å². The summed E-state index contributed by atoms with van der Waals surface area (Å²) >= 11 is 0. The molecule has 1 aliphatic heterocycles. The van der Waals surface area contributed by atoms with Crippen molar-refractivity contribution >= 4 is 33.6 Å². The van der Waals surface area contributed by atoms with E-state index < -0.39 is 0 Å². The van der Waals surface area contributed by atoms with Crippen molar-refractivity contribution in [1.82, 2.24) is 19.5 Å². The van der Waals surface area contributed by atoms with Gasteiger partial charge in [0.1, 0.15) is 23.9 Å². The number of nitrogens with two attached hydrogens (primary N) is 1. The molecule has 2 aliphatic rings. The van der Waals surface area contributed by atoms with Crippen molar-refractivity contribution in [2.24, 2.45) is 5.92 Å². The Bertz CT molecular complexity index is 1300. The molecule has 1 fully saturated rings. The molecule has 7 heteroatoms. The van der Waals surface area contributed by atoms with E-state index in [4.69, 9.17) is 15.5 Å². The first-order chi connectivity index (χ1) is 15.6. The number of anilines is 2. The Balaban J connectivity index is 1.14. The fraction of sp³-hybridized carbons (Fsp3) is 0.400. The highest BCUT2D eigenvalue weighted by molar-refractivity contribution is 5.86. The lowest BCUT2D eigenvalue weighted by atomic mass is 9.97. The molecule has 0 amide bonds. The first-order valence-corrected chi connectivity index (χ1v) is 11.6. The topological polar surface area (TPSA) is 90.9 Å². The summed E-state index contributed by atoms with van der Waals surface area (Å²) in [6.45, 7) is 2.86. The lowest BCUT2D eigenvalue weighted by Gasteiger charge is -2.24. The number of ether oxygens (including phenoxy) is 1. The molecular weight excluding hydrogens is 400 g/mol. The molecule has 0 spiro atoms. The predicted octanol–water partition coefficient (Wildman–Crippen LogP) is 4.73. The maximum Gasteiger partial charge on any atom is 0.169 e. The molecule has 1 saturated carbocycles. The summed E-state index contributed by atoms with van der Waals surface area (Å²) in [6, 6.07) is 11.3. The van der Waals surface area contributed by atoms with Crippen LogP contribution in [0.15, 0.2) is 42.9 Å². The summed E-state index contributed by atoms with van der Waals surface area (Å²) in [5.74, 6) is 2.99. The molecule has 3 unspecified atom stereocenters. The number of hydrogen-bond acceptors (Lipinski definition) is 6. The van der Waals surface area contributed by atoms with Crippen LogP contribution in [0.2, 0.25) is 0 Å². The number of fused-ring (bicyclic) bond motifs is 3. The Morgan fingerprint density at radius 1 is 1.19 bits per heavy atom. The smallest absolute Gasteiger partial charge is 0.169 e. The van der Waals surface area contributed by atoms with Gasteiger partial charge in [-0.25, -0.2) is 15.0 Å². The minimum Gasteiger partial charge on any atom is -0.485 e. The number of aryl methyl sites for hydroxylation is 1. The molecule has 7 nitrogen and oxygen atoms in total. The van der Waals surface area contributed by atoms with Gasteiger partial charge in [-0.15, -0.1) is 0 Å². The second-order valence-electron chi connectivity index (χ2n) is 9.26. The van der Waals surface area contributed by atoms with Crippen LogP contribution in [-0.2, 0) is 6.42 Å². The molecule has 0 radical (unpaired) electrons. The lowest BCUT2D eigenvalue weighted by molar-refractivity contribution is 0.225. The molecule has 0 bridgehead atoms. The molecule has 3 aromatic heterocycles. The average molecular weight is 429 g/mol. The minimum absolute atomic E-state index is 0.172. The molecule has 3 N–H and O–H groups in total. The molecule has 6 rings (SSSR count).